The van der Waals surface area contributed by atoms with Crippen molar-refractivity contribution in [2.45, 2.75) is 12.8 Å². The molecule has 4 nitrogen and oxygen atoms in total. The number of halogens is 2. The summed E-state index contributed by atoms with van der Waals surface area (Å²) in [6, 6.07) is 3.34. The normalized spacial score (nSPS) is 10.8. The lowest BCUT2D eigenvalue weighted by atomic mass is 10.2. The Kier molecular flexibility index (Phi) is 6.38. The highest BCUT2D eigenvalue weighted by atomic mass is 19.1. The third-order valence-corrected chi connectivity index (χ3v) is 2.88. The predicted molar refractivity (Wildman–Crippen MR) is 74.0 cm³/mol. The summed E-state index contributed by atoms with van der Waals surface area (Å²) < 4.78 is 26.7. The minimum absolute atomic E-state index is 0.0845. The van der Waals surface area contributed by atoms with Crippen LogP contribution in [0.2, 0.25) is 0 Å². The molecule has 0 atom stereocenters. The summed E-state index contributed by atoms with van der Waals surface area (Å²) in [5, 5.41) is 8.75. The van der Waals surface area contributed by atoms with E-state index in [1.54, 1.807) is 4.90 Å². The number of carbonyl (C=O) groups is 1. The number of aliphatic carboxylic acids is 1. The summed E-state index contributed by atoms with van der Waals surface area (Å²) in [6.07, 6.45) is 0.683. The van der Waals surface area contributed by atoms with Crippen LogP contribution in [0.15, 0.2) is 18.2 Å². The minimum atomic E-state index is -0.940. The molecule has 0 fully saturated rings. The van der Waals surface area contributed by atoms with E-state index in [0.29, 0.717) is 6.54 Å². The highest BCUT2D eigenvalue weighted by Crippen LogP contribution is 2.20. The second kappa shape index (κ2) is 7.79. The Balaban J connectivity index is 2.76. The Morgan fingerprint density at radius 2 is 1.90 bits per heavy atom. The lowest BCUT2D eigenvalue weighted by molar-refractivity contribution is -0.136. The topological polar surface area (TPSA) is 43.8 Å². The van der Waals surface area contributed by atoms with Crippen LogP contribution < -0.4 is 4.90 Å². The summed E-state index contributed by atoms with van der Waals surface area (Å²) in [7, 11) is 3.86. The SMILES string of the molecule is CN(C)CCCN(CCC(=O)O)c1ccc(F)cc1F. The van der Waals surface area contributed by atoms with Crippen LogP contribution in [0.3, 0.4) is 0 Å². The molecule has 0 radical (unpaired) electrons. The van der Waals surface area contributed by atoms with Gasteiger partial charge in [0.2, 0.25) is 0 Å². The second-order valence-electron chi connectivity index (χ2n) is 4.88. The largest absolute Gasteiger partial charge is 0.481 e. The van der Waals surface area contributed by atoms with Gasteiger partial charge in [0.1, 0.15) is 11.6 Å². The lowest BCUT2D eigenvalue weighted by Crippen LogP contribution is -2.30. The molecule has 0 spiro atoms. The van der Waals surface area contributed by atoms with Gasteiger partial charge in [0.25, 0.3) is 0 Å². The Morgan fingerprint density at radius 3 is 2.45 bits per heavy atom. The number of benzene rings is 1. The van der Waals surface area contributed by atoms with Gasteiger partial charge in [-0.25, -0.2) is 8.78 Å². The average molecular weight is 286 g/mol. The fraction of sp³-hybridized carbons (Fsp3) is 0.500. The maximum absolute atomic E-state index is 13.8. The molecule has 1 N–H and O–H groups in total. The molecule has 0 saturated heterocycles. The molecule has 0 aliphatic heterocycles. The van der Waals surface area contributed by atoms with Gasteiger partial charge in [0.15, 0.2) is 0 Å². The summed E-state index contributed by atoms with van der Waals surface area (Å²) in [4.78, 5) is 14.3. The monoisotopic (exact) mass is 286 g/mol. The van der Waals surface area contributed by atoms with E-state index in [9.17, 15) is 13.6 Å². The molecule has 0 saturated carbocycles. The zero-order valence-electron chi connectivity index (χ0n) is 11.8. The first-order valence-corrected chi connectivity index (χ1v) is 6.46. The van der Waals surface area contributed by atoms with Crippen LogP contribution >= 0.6 is 0 Å². The van der Waals surface area contributed by atoms with Gasteiger partial charge >= 0.3 is 5.97 Å². The maximum Gasteiger partial charge on any atom is 0.305 e. The molecule has 0 heterocycles. The molecule has 6 heteroatoms. The standard InChI is InChI=1S/C14H20F2N2O2/c1-17(2)7-3-8-18(9-6-14(19)20)13-5-4-11(15)10-12(13)16/h4-5,10H,3,6-9H2,1-2H3,(H,19,20). The van der Waals surface area contributed by atoms with Crippen molar-refractivity contribution in [2.24, 2.45) is 0 Å². The molecule has 0 amide bonds. The van der Waals surface area contributed by atoms with Gasteiger partial charge in [-0.1, -0.05) is 0 Å². The predicted octanol–water partition coefficient (Wildman–Crippen LogP) is 2.20. The lowest BCUT2D eigenvalue weighted by Gasteiger charge is -2.25. The Hall–Kier alpha value is -1.69. The van der Waals surface area contributed by atoms with E-state index >= 15 is 0 Å². The molecular formula is C14H20F2N2O2. The van der Waals surface area contributed by atoms with Crippen molar-refractivity contribution in [3.05, 3.63) is 29.8 Å². The van der Waals surface area contributed by atoms with E-state index in [1.807, 2.05) is 19.0 Å². The number of nitrogens with zero attached hydrogens (tertiary/aromatic N) is 2. The zero-order chi connectivity index (χ0) is 15.1. The highest BCUT2D eigenvalue weighted by Gasteiger charge is 2.13. The molecule has 112 valence electrons. The summed E-state index contributed by atoms with van der Waals surface area (Å²) in [5.74, 6) is -2.25. The molecular weight excluding hydrogens is 266 g/mol. The molecule has 0 aliphatic rings. The highest BCUT2D eigenvalue weighted by molar-refractivity contribution is 5.67. The van der Waals surface area contributed by atoms with Gasteiger partial charge in [-0.3, -0.25) is 4.79 Å². The summed E-state index contributed by atoms with van der Waals surface area (Å²) >= 11 is 0. The molecule has 1 aromatic rings. The van der Waals surface area contributed by atoms with E-state index in [-0.39, 0.29) is 18.7 Å². The van der Waals surface area contributed by atoms with E-state index in [1.165, 1.54) is 12.1 Å². The number of hydrogen-bond acceptors (Lipinski definition) is 3. The Labute approximate surface area is 117 Å². The van der Waals surface area contributed by atoms with Crippen LogP contribution in [-0.4, -0.2) is 49.7 Å². The van der Waals surface area contributed by atoms with Crippen molar-refractivity contribution < 1.29 is 18.7 Å². The van der Waals surface area contributed by atoms with E-state index in [4.69, 9.17) is 5.11 Å². The van der Waals surface area contributed by atoms with Crippen LogP contribution in [-0.2, 0) is 4.79 Å². The molecule has 20 heavy (non-hydrogen) atoms. The molecule has 0 aromatic heterocycles. The molecule has 0 aliphatic carbocycles. The average Bonchev–Trinajstić information content (AvgIpc) is 2.33. The van der Waals surface area contributed by atoms with Gasteiger partial charge in [0, 0.05) is 19.2 Å². The van der Waals surface area contributed by atoms with Crippen LogP contribution in [0.4, 0.5) is 14.5 Å². The van der Waals surface area contributed by atoms with Crippen molar-refractivity contribution in [1.29, 1.82) is 0 Å². The Morgan fingerprint density at radius 1 is 1.20 bits per heavy atom. The molecule has 1 aromatic carbocycles. The number of carboxylic acid groups (broad SMARTS) is 1. The first kappa shape index (κ1) is 16.4. The van der Waals surface area contributed by atoms with Gasteiger partial charge in [0.05, 0.1) is 12.1 Å². The fourth-order valence-electron chi connectivity index (χ4n) is 1.90. The number of anilines is 1. The van der Waals surface area contributed by atoms with E-state index < -0.39 is 17.6 Å². The van der Waals surface area contributed by atoms with Crippen molar-refractivity contribution in [3.63, 3.8) is 0 Å². The third kappa shape index (κ3) is 5.52. The smallest absolute Gasteiger partial charge is 0.305 e. The Bertz CT molecular complexity index is 453. The van der Waals surface area contributed by atoms with Crippen LogP contribution in [0, 0.1) is 11.6 Å². The minimum Gasteiger partial charge on any atom is -0.481 e. The maximum atomic E-state index is 13.8. The number of rotatable bonds is 8. The quantitative estimate of drug-likeness (QED) is 0.795. The third-order valence-electron chi connectivity index (χ3n) is 2.88. The fourth-order valence-corrected chi connectivity index (χ4v) is 1.90. The van der Waals surface area contributed by atoms with Crippen LogP contribution in [0.25, 0.3) is 0 Å². The van der Waals surface area contributed by atoms with Crippen molar-refractivity contribution >= 4 is 11.7 Å². The zero-order valence-corrected chi connectivity index (χ0v) is 11.8. The number of carboxylic acids is 1. The summed E-state index contributed by atoms with van der Waals surface area (Å²) in [5.41, 5.74) is 0.242. The second-order valence-corrected chi connectivity index (χ2v) is 4.88. The van der Waals surface area contributed by atoms with Crippen LogP contribution in [0.5, 0.6) is 0 Å². The first-order chi connectivity index (χ1) is 9.40. The molecule has 1 rings (SSSR count). The van der Waals surface area contributed by atoms with E-state index in [2.05, 4.69) is 0 Å². The van der Waals surface area contributed by atoms with Crippen molar-refractivity contribution in [3.8, 4) is 0 Å². The number of hydrogen-bond donors (Lipinski definition) is 1. The first-order valence-electron chi connectivity index (χ1n) is 6.46. The van der Waals surface area contributed by atoms with Crippen molar-refractivity contribution in [2.75, 3.05) is 38.6 Å². The summed E-state index contributed by atoms with van der Waals surface area (Å²) in [6.45, 7) is 1.53. The van der Waals surface area contributed by atoms with Gasteiger partial charge in [-0.05, 0) is 39.2 Å². The van der Waals surface area contributed by atoms with E-state index in [0.717, 1.165) is 19.0 Å². The van der Waals surface area contributed by atoms with Crippen LogP contribution in [0.1, 0.15) is 12.8 Å². The van der Waals surface area contributed by atoms with Crippen molar-refractivity contribution in [1.82, 2.24) is 4.90 Å². The van der Waals surface area contributed by atoms with Gasteiger partial charge in [-0.15, -0.1) is 0 Å². The van der Waals surface area contributed by atoms with Gasteiger partial charge in [-0.2, -0.15) is 0 Å². The molecule has 0 unspecified atom stereocenters. The van der Waals surface area contributed by atoms with Gasteiger partial charge < -0.3 is 14.9 Å². The molecule has 0 bridgehead atoms.